The molecule has 0 aliphatic heterocycles. The van der Waals surface area contributed by atoms with Gasteiger partial charge in [0.25, 0.3) is 0 Å². The van der Waals surface area contributed by atoms with Gasteiger partial charge in [-0.2, -0.15) is 0 Å². The number of hydrogen-bond donors (Lipinski definition) is 1. The van der Waals surface area contributed by atoms with E-state index in [1.54, 1.807) is 6.20 Å². The molecule has 1 aromatic heterocycles. The Hall–Kier alpha value is -0.600. The second-order valence-corrected chi connectivity index (χ2v) is 6.57. The van der Waals surface area contributed by atoms with Gasteiger partial charge in [0.15, 0.2) is 0 Å². The van der Waals surface area contributed by atoms with Gasteiger partial charge in [-0.05, 0) is 62.1 Å². The predicted octanol–water partition coefficient (Wildman–Crippen LogP) is 3.84. The van der Waals surface area contributed by atoms with Crippen LogP contribution >= 0.6 is 11.6 Å². The molecule has 1 aromatic rings. The Labute approximate surface area is 121 Å². The van der Waals surface area contributed by atoms with Crippen LogP contribution in [0.1, 0.15) is 44.1 Å². The number of nitrogens with one attached hydrogen (secondary N) is 1. The van der Waals surface area contributed by atoms with E-state index in [0.717, 1.165) is 29.3 Å². The summed E-state index contributed by atoms with van der Waals surface area (Å²) in [5.74, 6) is 1.62. The standard InChI is InChI=1S/C16H23ClN2/c17-16-11-18-8-7-13(16)9-12-3-1-2-4-14(12)10-19-15-5-6-15/h7-8,11-12,14-15,19H,1-6,9-10H2. The Morgan fingerprint density at radius 3 is 2.68 bits per heavy atom. The van der Waals surface area contributed by atoms with Crippen LogP contribution in [0.15, 0.2) is 18.5 Å². The van der Waals surface area contributed by atoms with Gasteiger partial charge in [0.2, 0.25) is 0 Å². The summed E-state index contributed by atoms with van der Waals surface area (Å²) < 4.78 is 0. The van der Waals surface area contributed by atoms with Crippen LogP contribution < -0.4 is 5.32 Å². The van der Waals surface area contributed by atoms with Crippen molar-refractivity contribution in [2.24, 2.45) is 11.8 Å². The summed E-state index contributed by atoms with van der Waals surface area (Å²) in [6.45, 7) is 1.21. The first kappa shape index (κ1) is 13.4. The van der Waals surface area contributed by atoms with Gasteiger partial charge in [-0.15, -0.1) is 0 Å². The van der Waals surface area contributed by atoms with Crippen LogP contribution in [0.25, 0.3) is 0 Å². The van der Waals surface area contributed by atoms with Crippen LogP contribution in [0.4, 0.5) is 0 Å². The highest BCUT2D eigenvalue weighted by Gasteiger charge is 2.28. The minimum absolute atomic E-state index is 0.792. The monoisotopic (exact) mass is 278 g/mol. The van der Waals surface area contributed by atoms with Crippen LogP contribution in [0.2, 0.25) is 5.02 Å². The van der Waals surface area contributed by atoms with Gasteiger partial charge in [-0.25, -0.2) is 0 Å². The van der Waals surface area contributed by atoms with Gasteiger partial charge in [0, 0.05) is 18.4 Å². The molecule has 0 spiro atoms. The molecule has 2 aliphatic carbocycles. The summed E-state index contributed by atoms with van der Waals surface area (Å²) in [4.78, 5) is 4.08. The van der Waals surface area contributed by atoms with E-state index >= 15 is 0 Å². The summed E-state index contributed by atoms with van der Waals surface area (Å²) >= 11 is 6.25. The fourth-order valence-electron chi connectivity index (χ4n) is 3.28. The third-order valence-corrected chi connectivity index (χ3v) is 4.99. The number of halogens is 1. The smallest absolute Gasteiger partial charge is 0.0621 e. The number of pyridine rings is 1. The Morgan fingerprint density at radius 1 is 1.16 bits per heavy atom. The molecule has 1 N–H and O–H groups in total. The molecule has 3 rings (SSSR count). The summed E-state index contributed by atoms with van der Waals surface area (Å²) in [7, 11) is 0. The van der Waals surface area contributed by atoms with E-state index in [9.17, 15) is 0 Å². The molecule has 3 heteroatoms. The third kappa shape index (κ3) is 3.70. The molecule has 2 saturated carbocycles. The van der Waals surface area contributed by atoms with Gasteiger partial charge in [-0.1, -0.05) is 24.4 Å². The van der Waals surface area contributed by atoms with Crippen molar-refractivity contribution in [2.75, 3.05) is 6.54 Å². The number of rotatable bonds is 5. The first-order valence-electron chi connectivity index (χ1n) is 7.64. The van der Waals surface area contributed by atoms with Crippen molar-refractivity contribution in [3.8, 4) is 0 Å². The maximum atomic E-state index is 6.25. The third-order valence-electron chi connectivity index (χ3n) is 4.65. The molecule has 2 aliphatic rings. The Morgan fingerprint density at radius 2 is 1.95 bits per heavy atom. The van der Waals surface area contributed by atoms with Crippen molar-refractivity contribution in [2.45, 2.75) is 51.0 Å². The molecule has 2 fully saturated rings. The first-order valence-corrected chi connectivity index (χ1v) is 8.02. The van der Waals surface area contributed by atoms with E-state index < -0.39 is 0 Å². The Kier molecular flexibility index (Phi) is 4.39. The van der Waals surface area contributed by atoms with Gasteiger partial charge >= 0.3 is 0 Å². The minimum Gasteiger partial charge on any atom is -0.314 e. The predicted molar refractivity (Wildman–Crippen MR) is 79.4 cm³/mol. The average molecular weight is 279 g/mol. The van der Waals surface area contributed by atoms with Crippen molar-refractivity contribution in [1.29, 1.82) is 0 Å². The second kappa shape index (κ2) is 6.23. The lowest BCUT2D eigenvalue weighted by molar-refractivity contribution is 0.228. The number of aromatic nitrogens is 1. The highest BCUT2D eigenvalue weighted by atomic mass is 35.5. The average Bonchev–Trinajstić information content (AvgIpc) is 3.24. The molecule has 19 heavy (non-hydrogen) atoms. The zero-order valence-corrected chi connectivity index (χ0v) is 12.2. The van der Waals surface area contributed by atoms with E-state index in [2.05, 4.69) is 16.4 Å². The molecule has 2 atom stereocenters. The molecule has 1 heterocycles. The summed E-state index contributed by atoms with van der Waals surface area (Å²) in [5.41, 5.74) is 1.28. The van der Waals surface area contributed by atoms with E-state index in [1.165, 1.54) is 50.6 Å². The van der Waals surface area contributed by atoms with Crippen LogP contribution in [0.5, 0.6) is 0 Å². The van der Waals surface area contributed by atoms with Crippen molar-refractivity contribution in [1.82, 2.24) is 10.3 Å². The van der Waals surface area contributed by atoms with Crippen LogP contribution in [-0.4, -0.2) is 17.6 Å². The van der Waals surface area contributed by atoms with Crippen molar-refractivity contribution in [3.63, 3.8) is 0 Å². The minimum atomic E-state index is 0.792. The van der Waals surface area contributed by atoms with Crippen LogP contribution in [0, 0.1) is 11.8 Å². The second-order valence-electron chi connectivity index (χ2n) is 6.16. The van der Waals surface area contributed by atoms with Crippen LogP contribution in [0.3, 0.4) is 0 Å². The zero-order chi connectivity index (χ0) is 13.1. The Balaban J connectivity index is 1.60. The largest absolute Gasteiger partial charge is 0.314 e. The molecule has 2 nitrogen and oxygen atoms in total. The van der Waals surface area contributed by atoms with Crippen molar-refractivity contribution in [3.05, 3.63) is 29.0 Å². The van der Waals surface area contributed by atoms with E-state index in [4.69, 9.17) is 11.6 Å². The fraction of sp³-hybridized carbons (Fsp3) is 0.688. The molecule has 0 saturated heterocycles. The summed E-state index contributed by atoms with van der Waals surface area (Å²) in [5, 5.41) is 4.55. The summed E-state index contributed by atoms with van der Waals surface area (Å²) in [6, 6.07) is 2.91. The fourth-order valence-corrected chi connectivity index (χ4v) is 3.48. The van der Waals surface area contributed by atoms with Crippen molar-refractivity contribution >= 4 is 11.6 Å². The van der Waals surface area contributed by atoms with E-state index in [0.29, 0.717) is 0 Å². The maximum Gasteiger partial charge on any atom is 0.0621 e. The lowest BCUT2D eigenvalue weighted by atomic mass is 9.76. The van der Waals surface area contributed by atoms with Crippen LogP contribution in [-0.2, 0) is 6.42 Å². The molecule has 104 valence electrons. The van der Waals surface area contributed by atoms with E-state index in [1.807, 2.05) is 6.20 Å². The first-order chi connectivity index (χ1) is 9.33. The normalized spacial score (nSPS) is 27.4. The van der Waals surface area contributed by atoms with Crippen molar-refractivity contribution < 1.29 is 0 Å². The van der Waals surface area contributed by atoms with Gasteiger partial charge in [-0.3, -0.25) is 4.98 Å². The summed E-state index contributed by atoms with van der Waals surface area (Å²) in [6.07, 6.45) is 13.0. The van der Waals surface area contributed by atoms with Gasteiger partial charge < -0.3 is 5.32 Å². The zero-order valence-electron chi connectivity index (χ0n) is 11.4. The lowest BCUT2D eigenvalue weighted by Crippen LogP contribution is -2.32. The molecule has 2 unspecified atom stereocenters. The highest BCUT2D eigenvalue weighted by molar-refractivity contribution is 6.31. The molecule has 0 aromatic carbocycles. The molecule has 0 amide bonds. The quantitative estimate of drug-likeness (QED) is 0.885. The topological polar surface area (TPSA) is 24.9 Å². The van der Waals surface area contributed by atoms with E-state index in [-0.39, 0.29) is 0 Å². The van der Waals surface area contributed by atoms with Gasteiger partial charge in [0.05, 0.1) is 5.02 Å². The van der Waals surface area contributed by atoms with Gasteiger partial charge in [0.1, 0.15) is 0 Å². The number of hydrogen-bond acceptors (Lipinski definition) is 2. The molecule has 0 radical (unpaired) electrons. The lowest BCUT2D eigenvalue weighted by Gasteiger charge is -2.32. The molecule has 0 bridgehead atoms. The maximum absolute atomic E-state index is 6.25. The highest BCUT2D eigenvalue weighted by Crippen LogP contribution is 2.34. The molecular weight excluding hydrogens is 256 g/mol. The Bertz CT molecular complexity index is 417. The number of nitrogens with zero attached hydrogens (tertiary/aromatic N) is 1. The molecular formula is C16H23ClN2. The SMILES string of the molecule is Clc1cnccc1CC1CCCCC1CNC1CC1.